The van der Waals surface area contributed by atoms with Crippen molar-refractivity contribution >= 4 is 10.9 Å². The van der Waals surface area contributed by atoms with Crippen molar-refractivity contribution in [3.63, 3.8) is 0 Å². The van der Waals surface area contributed by atoms with E-state index in [1.54, 1.807) is 10.6 Å². The molecular formula is C24H20N6O. The highest BCUT2D eigenvalue weighted by Gasteiger charge is 2.11. The molecule has 0 saturated heterocycles. The molecule has 31 heavy (non-hydrogen) atoms. The van der Waals surface area contributed by atoms with E-state index in [9.17, 15) is 4.79 Å². The summed E-state index contributed by atoms with van der Waals surface area (Å²) in [6.07, 6.45) is 0. The lowest BCUT2D eigenvalue weighted by atomic mass is 9.98. The second-order valence-electron chi connectivity index (χ2n) is 7.53. The van der Waals surface area contributed by atoms with Crippen LogP contribution in [0.3, 0.4) is 0 Å². The van der Waals surface area contributed by atoms with E-state index in [-0.39, 0.29) is 5.56 Å². The maximum atomic E-state index is 12.6. The first-order valence-electron chi connectivity index (χ1n) is 10.0. The van der Waals surface area contributed by atoms with Crippen LogP contribution in [0.5, 0.6) is 0 Å². The number of hydrogen-bond acceptors (Lipinski definition) is 5. The van der Waals surface area contributed by atoms with E-state index in [4.69, 9.17) is 0 Å². The number of fused-ring (bicyclic) bond motifs is 1. The second kappa shape index (κ2) is 7.60. The van der Waals surface area contributed by atoms with Crippen LogP contribution in [0.1, 0.15) is 17.0 Å². The topological polar surface area (TPSA) is 89.4 Å². The fourth-order valence-corrected chi connectivity index (χ4v) is 3.96. The molecule has 0 fully saturated rings. The van der Waals surface area contributed by atoms with Crippen molar-refractivity contribution in [2.24, 2.45) is 0 Å². The molecule has 0 spiro atoms. The third-order valence-corrected chi connectivity index (χ3v) is 5.44. The summed E-state index contributed by atoms with van der Waals surface area (Å²) in [5, 5.41) is 15.2. The van der Waals surface area contributed by atoms with Crippen LogP contribution in [0.4, 0.5) is 0 Å². The summed E-state index contributed by atoms with van der Waals surface area (Å²) in [6.45, 7) is 4.41. The van der Waals surface area contributed by atoms with Gasteiger partial charge in [-0.15, -0.1) is 5.10 Å². The minimum absolute atomic E-state index is 0.0234. The van der Waals surface area contributed by atoms with E-state index >= 15 is 0 Å². The Labute approximate surface area is 178 Å². The van der Waals surface area contributed by atoms with Gasteiger partial charge in [-0.25, -0.2) is 5.10 Å². The Hall–Kier alpha value is -4.13. The standard InChI is InChI=1S/C24H20N6O/c1-15-13-22-19(16(2)25-15)11-12-23(31)30(22)14-17-7-9-18(10-8-17)20-5-3-4-6-21(20)24-26-28-29-27-24/h3-13H,14H2,1-2H3,(H,26,27,28,29). The predicted octanol–water partition coefficient (Wildman–Crippen LogP) is 3.91. The van der Waals surface area contributed by atoms with Crippen molar-refractivity contribution in [2.45, 2.75) is 20.4 Å². The third-order valence-electron chi connectivity index (χ3n) is 5.44. The van der Waals surface area contributed by atoms with Gasteiger partial charge in [0.2, 0.25) is 0 Å². The van der Waals surface area contributed by atoms with Gasteiger partial charge in [0, 0.05) is 28.4 Å². The molecule has 0 aliphatic rings. The Morgan fingerprint density at radius 2 is 1.71 bits per heavy atom. The van der Waals surface area contributed by atoms with Crippen molar-refractivity contribution < 1.29 is 0 Å². The van der Waals surface area contributed by atoms with Gasteiger partial charge in [0.15, 0.2) is 5.82 Å². The van der Waals surface area contributed by atoms with Crippen LogP contribution in [0.2, 0.25) is 0 Å². The molecule has 5 rings (SSSR count). The van der Waals surface area contributed by atoms with Crippen molar-refractivity contribution in [1.29, 1.82) is 0 Å². The second-order valence-corrected chi connectivity index (χ2v) is 7.53. The van der Waals surface area contributed by atoms with Gasteiger partial charge in [0.25, 0.3) is 5.56 Å². The molecule has 0 bridgehead atoms. The van der Waals surface area contributed by atoms with Crippen LogP contribution in [-0.4, -0.2) is 30.2 Å². The van der Waals surface area contributed by atoms with E-state index in [1.807, 2.05) is 50.2 Å². The zero-order valence-corrected chi connectivity index (χ0v) is 17.2. The number of pyridine rings is 2. The average molecular weight is 408 g/mol. The molecular weight excluding hydrogens is 388 g/mol. The number of nitrogens with zero attached hydrogens (tertiary/aromatic N) is 5. The minimum atomic E-state index is -0.0234. The highest BCUT2D eigenvalue weighted by atomic mass is 16.1. The molecule has 0 atom stereocenters. The SMILES string of the molecule is Cc1cc2c(ccc(=O)n2Cc2ccc(-c3ccccc3-c3nnn[nH]3)cc2)c(C)n1. The highest BCUT2D eigenvalue weighted by molar-refractivity contribution is 5.82. The minimum Gasteiger partial charge on any atom is -0.304 e. The first kappa shape index (κ1) is 18.9. The first-order valence-corrected chi connectivity index (χ1v) is 10.0. The quantitative estimate of drug-likeness (QED) is 0.487. The van der Waals surface area contributed by atoms with E-state index < -0.39 is 0 Å². The van der Waals surface area contributed by atoms with E-state index in [0.717, 1.165) is 44.5 Å². The molecule has 0 aliphatic carbocycles. The molecule has 1 N–H and O–H groups in total. The number of nitrogens with one attached hydrogen (secondary N) is 1. The summed E-state index contributed by atoms with van der Waals surface area (Å²) in [5.74, 6) is 0.626. The maximum absolute atomic E-state index is 12.6. The summed E-state index contributed by atoms with van der Waals surface area (Å²) in [5.41, 5.74) is 6.78. The van der Waals surface area contributed by atoms with Gasteiger partial charge in [-0.3, -0.25) is 9.78 Å². The van der Waals surface area contributed by atoms with Crippen LogP contribution >= 0.6 is 0 Å². The number of aromatic amines is 1. The van der Waals surface area contributed by atoms with Gasteiger partial charge in [-0.05, 0) is 53.1 Å². The van der Waals surface area contributed by atoms with Gasteiger partial charge in [0.1, 0.15) is 0 Å². The molecule has 0 unspecified atom stereocenters. The Bertz CT molecular complexity index is 1440. The smallest absolute Gasteiger partial charge is 0.251 e. The fraction of sp³-hybridized carbons (Fsp3) is 0.125. The molecule has 152 valence electrons. The van der Waals surface area contributed by atoms with E-state index in [2.05, 4.69) is 49.9 Å². The number of hydrogen-bond donors (Lipinski definition) is 1. The summed E-state index contributed by atoms with van der Waals surface area (Å²) >= 11 is 0. The summed E-state index contributed by atoms with van der Waals surface area (Å²) in [4.78, 5) is 17.2. The Morgan fingerprint density at radius 3 is 2.45 bits per heavy atom. The summed E-state index contributed by atoms with van der Waals surface area (Å²) < 4.78 is 1.81. The Kier molecular flexibility index (Phi) is 4.63. The number of H-pyrrole nitrogens is 1. The number of benzene rings is 2. The fourth-order valence-electron chi connectivity index (χ4n) is 3.96. The van der Waals surface area contributed by atoms with Crippen molar-refractivity contribution in [1.82, 2.24) is 30.2 Å². The monoisotopic (exact) mass is 408 g/mol. The maximum Gasteiger partial charge on any atom is 0.251 e. The molecule has 3 heterocycles. The molecule has 7 nitrogen and oxygen atoms in total. The zero-order valence-electron chi connectivity index (χ0n) is 17.2. The third kappa shape index (κ3) is 3.50. The Balaban J connectivity index is 1.52. The van der Waals surface area contributed by atoms with Crippen molar-refractivity contribution in [3.8, 4) is 22.5 Å². The van der Waals surface area contributed by atoms with Crippen molar-refractivity contribution in [3.05, 3.63) is 94.0 Å². The lowest BCUT2D eigenvalue weighted by Gasteiger charge is -2.13. The normalized spacial score (nSPS) is 11.2. The molecule has 2 aromatic carbocycles. The number of aromatic nitrogens is 6. The number of tetrazole rings is 1. The lowest BCUT2D eigenvalue weighted by Crippen LogP contribution is -2.20. The van der Waals surface area contributed by atoms with Gasteiger partial charge in [-0.2, -0.15) is 0 Å². The average Bonchev–Trinajstić information content (AvgIpc) is 3.31. The molecule has 0 saturated carbocycles. The van der Waals surface area contributed by atoms with Crippen LogP contribution in [0, 0.1) is 13.8 Å². The first-order chi connectivity index (χ1) is 15.1. The van der Waals surface area contributed by atoms with Crippen LogP contribution in [0.25, 0.3) is 33.4 Å². The molecule has 3 aromatic heterocycles. The van der Waals surface area contributed by atoms with Gasteiger partial charge in [0.05, 0.1) is 12.1 Å². The van der Waals surface area contributed by atoms with E-state index in [0.29, 0.717) is 12.4 Å². The van der Waals surface area contributed by atoms with E-state index in [1.165, 1.54) is 0 Å². The largest absolute Gasteiger partial charge is 0.304 e. The van der Waals surface area contributed by atoms with Gasteiger partial charge >= 0.3 is 0 Å². The van der Waals surface area contributed by atoms with Gasteiger partial charge < -0.3 is 4.57 Å². The van der Waals surface area contributed by atoms with Crippen LogP contribution in [-0.2, 0) is 6.54 Å². The molecule has 0 aliphatic heterocycles. The van der Waals surface area contributed by atoms with Crippen LogP contribution < -0.4 is 5.56 Å². The number of rotatable bonds is 4. The van der Waals surface area contributed by atoms with Crippen LogP contribution in [0.15, 0.2) is 71.5 Å². The van der Waals surface area contributed by atoms with Crippen molar-refractivity contribution in [2.75, 3.05) is 0 Å². The summed E-state index contributed by atoms with van der Waals surface area (Å²) in [6, 6.07) is 21.6. The summed E-state index contributed by atoms with van der Waals surface area (Å²) in [7, 11) is 0. The Morgan fingerprint density at radius 1 is 0.935 bits per heavy atom. The van der Waals surface area contributed by atoms with Gasteiger partial charge in [-0.1, -0.05) is 48.5 Å². The zero-order chi connectivity index (χ0) is 21.4. The highest BCUT2D eigenvalue weighted by Crippen LogP contribution is 2.30. The number of aryl methyl sites for hydroxylation is 2. The molecule has 0 radical (unpaired) electrons. The molecule has 0 amide bonds. The predicted molar refractivity (Wildman–Crippen MR) is 120 cm³/mol. The lowest BCUT2D eigenvalue weighted by molar-refractivity contribution is 0.793. The molecule has 7 heteroatoms. The molecule has 5 aromatic rings.